The zero-order valence-corrected chi connectivity index (χ0v) is 13.2. The minimum Gasteiger partial charge on any atom is -0.506 e. The van der Waals surface area contributed by atoms with Gasteiger partial charge in [-0.15, -0.1) is 0 Å². The number of aromatic hydroxyl groups is 1. The normalized spacial score (nSPS) is 10.8. The van der Waals surface area contributed by atoms with Gasteiger partial charge in [-0.1, -0.05) is 41.9 Å². The van der Waals surface area contributed by atoms with E-state index in [4.69, 9.17) is 11.6 Å². The fourth-order valence-electron chi connectivity index (χ4n) is 1.68. The standard InChI is InChI=1S/C15H12BrClN2O2/c16-13-8-12(17)7-11(15(13)21)9-18-19-14(20)6-10-4-2-1-3-5-10/h1-5,7-9,21H,6H2,(H,19,20). The number of carbonyl (C=O) groups excluding carboxylic acids is 1. The fraction of sp³-hybridized carbons (Fsp3) is 0.0667. The molecule has 2 aromatic carbocycles. The summed E-state index contributed by atoms with van der Waals surface area (Å²) in [5.41, 5.74) is 3.72. The lowest BCUT2D eigenvalue weighted by Gasteiger charge is -2.03. The number of hydrogen-bond acceptors (Lipinski definition) is 3. The number of nitrogens with zero attached hydrogens (tertiary/aromatic N) is 1. The SMILES string of the molecule is O=C(Cc1ccccc1)NN=Cc1cc(Cl)cc(Br)c1O. The summed E-state index contributed by atoms with van der Waals surface area (Å²) in [7, 11) is 0. The van der Waals surface area contributed by atoms with Crippen LogP contribution in [0.3, 0.4) is 0 Å². The van der Waals surface area contributed by atoms with Gasteiger partial charge in [0, 0.05) is 10.6 Å². The van der Waals surface area contributed by atoms with Crippen LogP contribution in [0.5, 0.6) is 5.75 Å². The molecule has 108 valence electrons. The van der Waals surface area contributed by atoms with E-state index in [0.717, 1.165) is 5.56 Å². The molecule has 6 heteroatoms. The van der Waals surface area contributed by atoms with E-state index in [1.54, 1.807) is 12.1 Å². The Morgan fingerprint density at radius 1 is 1.33 bits per heavy atom. The number of benzene rings is 2. The summed E-state index contributed by atoms with van der Waals surface area (Å²) in [5, 5.41) is 14.1. The summed E-state index contributed by atoms with van der Waals surface area (Å²) >= 11 is 9.06. The van der Waals surface area contributed by atoms with E-state index in [0.29, 0.717) is 15.1 Å². The van der Waals surface area contributed by atoms with Crippen LogP contribution in [0.2, 0.25) is 5.02 Å². The van der Waals surface area contributed by atoms with Crippen molar-refractivity contribution in [1.29, 1.82) is 0 Å². The third kappa shape index (κ3) is 4.58. The molecule has 2 aromatic rings. The van der Waals surface area contributed by atoms with E-state index < -0.39 is 0 Å². The van der Waals surface area contributed by atoms with Crippen molar-refractivity contribution < 1.29 is 9.90 Å². The van der Waals surface area contributed by atoms with Crippen molar-refractivity contribution in [3.05, 3.63) is 63.1 Å². The molecule has 2 rings (SSSR count). The maximum Gasteiger partial charge on any atom is 0.244 e. The Kier molecular flexibility index (Phi) is 5.36. The van der Waals surface area contributed by atoms with Crippen molar-refractivity contribution in [2.24, 2.45) is 5.10 Å². The highest BCUT2D eigenvalue weighted by molar-refractivity contribution is 9.10. The van der Waals surface area contributed by atoms with Gasteiger partial charge in [-0.25, -0.2) is 5.43 Å². The molecule has 0 atom stereocenters. The van der Waals surface area contributed by atoms with Gasteiger partial charge in [0.25, 0.3) is 0 Å². The first-order valence-corrected chi connectivity index (χ1v) is 7.27. The van der Waals surface area contributed by atoms with Crippen LogP contribution in [0.15, 0.2) is 52.0 Å². The Bertz CT molecular complexity index is 675. The number of carbonyl (C=O) groups is 1. The molecule has 0 unspecified atom stereocenters. The number of phenolic OH excluding ortho intramolecular Hbond substituents is 1. The summed E-state index contributed by atoms with van der Waals surface area (Å²) in [6.45, 7) is 0. The summed E-state index contributed by atoms with van der Waals surface area (Å²) in [4.78, 5) is 11.7. The first kappa shape index (κ1) is 15.5. The number of phenols is 1. The molecule has 0 spiro atoms. The van der Waals surface area contributed by atoms with E-state index in [1.165, 1.54) is 6.21 Å². The molecule has 0 heterocycles. The van der Waals surface area contributed by atoms with Gasteiger partial charge >= 0.3 is 0 Å². The molecular weight excluding hydrogens is 356 g/mol. The molecular formula is C15H12BrClN2O2. The molecule has 0 fully saturated rings. The van der Waals surface area contributed by atoms with Gasteiger partial charge in [-0.05, 0) is 33.6 Å². The van der Waals surface area contributed by atoms with Crippen molar-refractivity contribution in [2.45, 2.75) is 6.42 Å². The summed E-state index contributed by atoms with van der Waals surface area (Å²) in [6.07, 6.45) is 1.58. The molecule has 0 aliphatic rings. The topological polar surface area (TPSA) is 61.7 Å². The Morgan fingerprint density at radius 2 is 2.05 bits per heavy atom. The van der Waals surface area contributed by atoms with Crippen molar-refractivity contribution in [1.82, 2.24) is 5.43 Å². The smallest absolute Gasteiger partial charge is 0.244 e. The van der Waals surface area contributed by atoms with E-state index in [9.17, 15) is 9.90 Å². The van der Waals surface area contributed by atoms with Gasteiger partial charge in [0.1, 0.15) is 5.75 Å². The number of nitrogens with one attached hydrogen (secondary N) is 1. The van der Waals surface area contributed by atoms with Gasteiger partial charge in [-0.2, -0.15) is 5.10 Å². The van der Waals surface area contributed by atoms with Crippen molar-refractivity contribution in [3.63, 3.8) is 0 Å². The summed E-state index contributed by atoms with van der Waals surface area (Å²) in [5.74, 6) is -0.224. The molecule has 21 heavy (non-hydrogen) atoms. The Morgan fingerprint density at radius 3 is 2.76 bits per heavy atom. The minimum absolute atomic E-state index is 0.0143. The number of amides is 1. The Balaban J connectivity index is 1.98. The van der Waals surface area contributed by atoms with E-state index in [1.807, 2.05) is 30.3 Å². The maximum atomic E-state index is 11.7. The van der Waals surface area contributed by atoms with Crippen LogP contribution in [0.1, 0.15) is 11.1 Å². The van der Waals surface area contributed by atoms with E-state index in [2.05, 4.69) is 26.5 Å². The van der Waals surface area contributed by atoms with Crippen LogP contribution >= 0.6 is 27.5 Å². The molecule has 0 radical (unpaired) electrons. The average molecular weight is 368 g/mol. The fourth-order valence-corrected chi connectivity index (χ4v) is 2.51. The lowest BCUT2D eigenvalue weighted by molar-refractivity contribution is -0.120. The van der Waals surface area contributed by atoms with Crippen LogP contribution in [0.25, 0.3) is 0 Å². The molecule has 0 aliphatic carbocycles. The van der Waals surface area contributed by atoms with Crippen LogP contribution in [0, 0.1) is 0 Å². The van der Waals surface area contributed by atoms with Crippen LogP contribution in [-0.2, 0) is 11.2 Å². The Labute approximate surface area is 135 Å². The van der Waals surface area contributed by atoms with E-state index in [-0.39, 0.29) is 18.1 Å². The number of hydrogen-bond donors (Lipinski definition) is 2. The monoisotopic (exact) mass is 366 g/mol. The molecule has 1 amide bonds. The highest BCUT2D eigenvalue weighted by Gasteiger charge is 2.06. The van der Waals surface area contributed by atoms with Gasteiger partial charge in [0.2, 0.25) is 5.91 Å². The molecule has 4 nitrogen and oxygen atoms in total. The predicted octanol–water partition coefficient (Wildman–Crippen LogP) is 3.50. The van der Waals surface area contributed by atoms with Crippen molar-refractivity contribution in [2.75, 3.05) is 0 Å². The minimum atomic E-state index is -0.238. The van der Waals surface area contributed by atoms with Gasteiger partial charge in [-0.3, -0.25) is 4.79 Å². The molecule has 0 aliphatic heterocycles. The lowest BCUT2D eigenvalue weighted by Crippen LogP contribution is -2.19. The highest BCUT2D eigenvalue weighted by atomic mass is 79.9. The molecule has 2 N–H and O–H groups in total. The van der Waals surface area contributed by atoms with E-state index >= 15 is 0 Å². The molecule has 0 aromatic heterocycles. The lowest BCUT2D eigenvalue weighted by atomic mass is 10.1. The predicted molar refractivity (Wildman–Crippen MR) is 86.7 cm³/mol. The first-order valence-electron chi connectivity index (χ1n) is 6.10. The first-order chi connectivity index (χ1) is 10.1. The van der Waals surface area contributed by atoms with Crippen LogP contribution in [-0.4, -0.2) is 17.2 Å². The zero-order chi connectivity index (χ0) is 15.2. The summed E-state index contributed by atoms with van der Waals surface area (Å²) < 4.78 is 0.465. The number of halogens is 2. The average Bonchev–Trinajstić information content (AvgIpc) is 2.45. The second kappa shape index (κ2) is 7.24. The van der Waals surface area contributed by atoms with Crippen molar-refractivity contribution in [3.8, 4) is 5.75 Å². The number of hydrazone groups is 1. The molecule has 0 saturated heterocycles. The summed E-state index contributed by atoms with van der Waals surface area (Å²) in [6, 6.07) is 12.5. The molecule has 0 saturated carbocycles. The van der Waals surface area contributed by atoms with Crippen LogP contribution < -0.4 is 5.43 Å². The highest BCUT2D eigenvalue weighted by Crippen LogP contribution is 2.30. The van der Waals surface area contributed by atoms with Gasteiger partial charge in [0.15, 0.2) is 0 Å². The second-order valence-electron chi connectivity index (χ2n) is 4.28. The second-order valence-corrected chi connectivity index (χ2v) is 5.57. The number of rotatable bonds is 4. The largest absolute Gasteiger partial charge is 0.506 e. The third-order valence-electron chi connectivity index (χ3n) is 2.66. The Hall–Kier alpha value is -1.85. The zero-order valence-electron chi connectivity index (χ0n) is 10.9. The van der Waals surface area contributed by atoms with Gasteiger partial charge < -0.3 is 5.11 Å². The third-order valence-corrected chi connectivity index (χ3v) is 3.48. The van der Waals surface area contributed by atoms with Crippen LogP contribution in [0.4, 0.5) is 0 Å². The van der Waals surface area contributed by atoms with Gasteiger partial charge in [0.05, 0.1) is 17.1 Å². The molecule has 0 bridgehead atoms. The quantitative estimate of drug-likeness (QED) is 0.642. The maximum absolute atomic E-state index is 11.7. The van der Waals surface area contributed by atoms with Crippen molar-refractivity contribution >= 4 is 39.7 Å².